The van der Waals surface area contributed by atoms with Crippen LogP contribution in [0.1, 0.15) is 49.8 Å². The van der Waals surface area contributed by atoms with Crippen molar-refractivity contribution in [3.05, 3.63) is 83.2 Å². The van der Waals surface area contributed by atoms with Gasteiger partial charge in [-0.3, -0.25) is 4.79 Å². The average molecular weight is 546 g/mol. The zero-order valence-electron chi connectivity index (χ0n) is 23.1. The lowest BCUT2D eigenvalue weighted by atomic mass is 9.81. The van der Waals surface area contributed by atoms with Crippen molar-refractivity contribution in [2.75, 3.05) is 10.6 Å². The Balaban J connectivity index is 1.37. The second kappa shape index (κ2) is 12.8. The molecule has 0 aromatic heterocycles. The molecule has 0 heterocycles. The summed E-state index contributed by atoms with van der Waals surface area (Å²) in [4.78, 5) is 36.5. The molecule has 1 aliphatic carbocycles. The molecular formula is C32H36FN3O4. The number of carbonyl (C=O) groups excluding carboxylic acids is 2. The van der Waals surface area contributed by atoms with Gasteiger partial charge in [-0.25, -0.2) is 14.0 Å². The van der Waals surface area contributed by atoms with E-state index < -0.39 is 23.9 Å². The summed E-state index contributed by atoms with van der Waals surface area (Å²) in [7, 11) is 0. The van der Waals surface area contributed by atoms with Crippen LogP contribution < -0.4 is 16.0 Å². The third kappa shape index (κ3) is 7.25. The van der Waals surface area contributed by atoms with Crippen LogP contribution in [0.3, 0.4) is 0 Å². The van der Waals surface area contributed by atoms with E-state index in [0.29, 0.717) is 24.1 Å². The van der Waals surface area contributed by atoms with Gasteiger partial charge >= 0.3 is 12.0 Å². The van der Waals surface area contributed by atoms with Crippen LogP contribution in [0.15, 0.2) is 60.7 Å². The van der Waals surface area contributed by atoms with Crippen molar-refractivity contribution < 1.29 is 23.9 Å². The lowest BCUT2D eigenvalue weighted by molar-refractivity contribution is -0.143. The van der Waals surface area contributed by atoms with E-state index >= 15 is 0 Å². The smallest absolute Gasteiger partial charge is 0.326 e. The summed E-state index contributed by atoms with van der Waals surface area (Å²) in [6.45, 7) is 5.66. The molecule has 3 atom stereocenters. The molecule has 0 saturated heterocycles. The molecule has 4 rings (SSSR count). The minimum atomic E-state index is -1.00. The van der Waals surface area contributed by atoms with E-state index in [1.807, 2.05) is 51.1 Å². The number of benzene rings is 3. The number of aliphatic carboxylic acids is 1. The highest BCUT2D eigenvalue weighted by Gasteiger charge is 2.27. The molecule has 3 aromatic rings. The molecule has 0 saturated carbocycles. The Kier molecular flexibility index (Phi) is 9.19. The fraction of sp³-hybridized carbons (Fsp3) is 0.344. The summed E-state index contributed by atoms with van der Waals surface area (Å²) < 4.78 is 14.9. The largest absolute Gasteiger partial charge is 0.480 e. The van der Waals surface area contributed by atoms with Gasteiger partial charge in [-0.2, -0.15) is 0 Å². The highest BCUT2D eigenvalue weighted by atomic mass is 19.1. The molecule has 2 unspecified atom stereocenters. The Bertz CT molecular complexity index is 1410. The first-order valence-electron chi connectivity index (χ1n) is 13.7. The standard InChI is InChI=1S/C32H36FN3O4/c1-4-20(3)30(31(38)39)36-29(37)16-21-8-9-23-17-24(11-10-22(23)15-21)25-12-13-28(27(33)18-25)35-32(40)34-26-7-5-6-19(2)14-26/h5-7,10-14,17-18,20-21,30H,4,8-9,15-16H2,1-3H3,(H,36,37)(H,38,39)(H2,34,35,40)/t20-,21?,30?/m0/s1. The van der Waals surface area contributed by atoms with Crippen molar-refractivity contribution in [2.24, 2.45) is 11.8 Å². The van der Waals surface area contributed by atoms with Crippen LogP contribution >= 0.6 is 0 Å². The molecule has 0 bridgehead atoms. The number of urea groups is 1. The van der Waals surface area contributed by atoms with E-state index in [2.05, 4.69) is 22.0 Å². The lowest BCUT2D eigenvalue weighted by Crippen LogP contribution is -2.45. The van der Waals surface area contributed by atoms with Crippen LogP contribution in [0.4, 0.5) is 20.6 Å². The number of carboxylic acids is 1. The van der Waals surface area contributed by atoms with Gasteiger partial charge in [0.15, 0.2) is 0 Å². The molecule has 4 N–H and O–H groups in total. The third-order valence-electron chi connectivity index (χ3n) is 7.63. The maximum Gasteiger partial charge on any atom is 0.326 e. The van der Waals surface area contributed by atoms with Gasteiger partial charge in [0.05, 0.1) is 5.69 Å². The molecule has 0 fully saturated rings. The molecule has 0 spiro atoms. The SMILES string of the molecule is CC[C@H](C)C(NC(=O)CC1CCc2cc(-c3ccc(NC(=O)Nc4cccc(C)c4)c(F)c3)ccc2C1)C(=O)O. The number of rotatable bonds is 9. The zero-order chi connectivity index (χ0) is 28.8. The van der Waals surface area contributed by atoms with Crippen molar-refractivity contribution in [3.63, 3.8) is 0 Å². The monoisotopic (exact) mass is 545 g/mol. The predicted octanol–water partition coefficient (Wildman–Crippen LogP) is 6.56. The summed E-state index contributed by atoms with van der Waals surface area (Å²) in [5, 5.41) is 17.4. The highest BCUT2D eigenvalue weighted by Crippen LogP contribution is 2.32. The maximum absolute atomic E-state index is 14.9. The number of carbonyl (C=O) groups is 3. The number of hydrogen-bond acceptors (Lipinski definition) is 3. The number of amides is 3. The molecule has 3 amide bonds. The Hall–Kier alpha value is -4.20. The maximum atomic E-state index is 14.9. The normalized spacial score (nSPS) is 15.8. The van der Waals surface area contributed by atoms with E-state index in [0.717, 1.165) is 41.5 Å². The van der Waals surface area contributed by atoms with Crippen LogP contribution in [0.2, 0.25) is 0 Å². The molecule has 210 valence electrons. The number of hydrogen-bond donors (Lipinski definition) is 4. The van der Waals surface area contributed by atoms with Crippen LogP contribution in [0.5, 0.6) is 0 Å². The summed E-state index contributed by atoms with van der Waals surface area (Å²) in [5.41, 5.74) is 5.62. The van der Waals surface area contributed by atoms with E-state index in [4.69, 9.17) is 0 Å². The topological polar surface area (TPSA) is 108 Å². The van der Waals surface area contributed by atoms with Crippen LogP contribution in [-0.2, 0) is 22.4 Å². The first-order chi connectivity index (χ1) is 19.1. The van der Waals surface area contributed by atoms with Gasteiger partial charge in [-0.1, -0.05) is 56.7 Å². The number of nitrogens with one attached hydrogen (secondary N) is 3. The Morgan fingerprint density at radius 2 is 1.75 bits per heavy atom. The van der Waals surface area contributed by atoms with E-state index in [1.165, 1.54) is 6.07 Å². The van der Waals surface area contributed by atoms with Gasteiger partial charge in [0.25, 0.3) is 0 Å². The van der Waals surface area contributed by atoms with Crippen LogP contribution in [0, 0.1) is 24.6 Å². The highest BCUT2D eigenvalue weighted by molar-refractivity contribution is 6.00. The van der Waals surface area contributed by atoms with Gasteiger partial charge in [-0.15, -0.1) is 0 Å². The van der Waals surface area contributed by atoms with Crippen molar-refractivity contribution in [1.29, 1.82) is 0 Å². The Morgan fingerprint density at radius 3 is 2.45 bits per heavy atom. The summed E-state index contributed by atoms with van der Waals surface area (Å²) >= 11 is 0. The van der Waals surface area contributed by atoms with Crippen LogP contribution in [-0.4, -0.2) is 29.1 Å². The zero-order valence-corrected chi connectivity index (χ0v) is 23.1. The summed E-state index contributed by atoms with van der Waals surface area (Å²) in [6, 6.07) is 16.7. The molecule has 1 aliphatic rings. The minimum Gasteiger partial charge on any atom is -0.480 e. The molecule has 7 nitrogen and oxygen atoms in total. The van der Waals surface area contributed by atoms with Crippen molar-refractivity contribution >= 4 is 29.3 Å². The first-order valence-corrected chi connectivity index (χ1v) is 13.7. The van der Waals surface area contributed by atoms with Gasteiger partial charge in [0, 0.05) is 12.1 Å². The number of anilines is 2. The molecule has 8 heteroatoms. The second-order valence-corrected chi connectivity index (χ2v) is 10.7. The Labute approximate surface area is 234 Å². The third-order valence-corrected chi connectivity index (χ3v) is 7.63. The average Bonchev–Trinajstić information content (AvgIpc) is 2.92. The fourth-order valence-electron chi connectivity index (χ4n) is 5.17. The van der Waals surface area contributed by atoms with Crippen molar-refractivity contribution in [2.45, 2.75) is 58.9 Å². The number of halogens is 1. The van der Waals surface area contributed by atoms with Crippen molar-refractivity contribution in [3.8, 4) is 11.1 Å². The van der Waals surface area contributed by atoms with E-state index in [-0.39, 0.29) is 23.4 Å². The second-order valence-electron chi connectivity index (χ2n) is 10.7. The number of fused-ring (bicyclic) bond motifs is 1. The first kappa shape index (κ1) is 28.8. The Morgan fingerprint density at radius 1 is 1.00 bits per heavy atom. The van der Waals surface area contributed by atoms with E-state index in [1.54, 1.807) is 18.2 Å². The molecule has 40 heavy (non-hydrogen) atoms. The summed E-state index contributed by atoms with van der Waals surface area (Å²) in [5.74, 6) is -1.77. The molecular weight excluding hydrogens is 509 g/mol. The number of aryl methyl sites for hydroxylation is 2. The fourth-order valence-corrected chi connectivity index (χ4v) is 5.17. The van der Waals surface area contributed by atoms with Crippen LogP contribution in [0.25, 0.3) is 11.1 Å². The van der Waals surface area contributed by atoms with Gasteiger partial charge in [-0.05, 0) is 90.1 Å². The molecule has 0 radical (unpaired) electrons. The van der Waals surface area contributed by atoms with Gasteiger partial charge in [0.1, 0.15) is 11.9 Å². The van der Waals surface area contributed by atoms with Gasteiger partial charge < -0.3 is 21.1 Å². The predicted molar refractivity (Wildman–Crippen MR) is 155 cm³/mol. The number of carboxylic acid groups (broad SMARTS) is 1. The minimum absolute atomic E-state index is 0.0893. The van der Waals surface area contributed by atoms with Crippen molar-refractivity contribution in [1.82, 2.24) is 5.32 Å². The van der Waals surface area contributed by atoms with Gasteiger partial charge in [0.2, 0.25) is 5.91 Å². The lowest BCUT2D eigenvalue weighted by Gasteiger charge is -2.26. The van der Waals surface area contributed by atoms with E-state index in [9.17, 15) is 23.9 Å². The quantitative estimate of drug-likeness (QED) is 0.244. The summed E-state index contributed by atoms with van der Waals surface area (Å²) in [6.07, 6.45) is 3.30. The molecule has 0 aliphatic heterocycles. The molecule has 3 aromatic carbocycles.